The molecule has 6 nitrogen and oxygen atoms in total. The predicted molar refractivity (Wildman–Crippen MR) is 84.2 cm³/mol. The van der Waals surface area contributed by atoms with Crippen molar-refractivity contribution in [2.24, 2.45) is 0 Å². The van der Waals surface area contributed by atoms with Crippen molar-refractivity contribution in [3.05, 3.63) is 35.7 Å². The van der Waals surface area contributed by atoms with Crippen molar-refractivity contribution in [2.75, 3.05) is 13.2 Å². The Morgan fingerprint density at radius 2 is 2.30 bits per heavy atom. The summed E-state index contributed by atoms with van der Waals surface area (Å²) in [6.45, 7) is 1.91. The van der Waals surface area contributed by atoms with Gasteiger partial charge in [0.15, 0.2) is 0 Å². The summed E-state index contributed by atoms with van der Waals surface area (Å²) in [5.74, 6) is 1.04. The number of rotatable bonds is 6. The Bertz CT molecular complexity index is 692. The summed E-state index contributed by atoms with van der Waals surface area (Å²) in [5.41, 5.74) is 1.34. The van der Waals surface area contributed by atoms with Crippen LogP contribution in [0.1, 0.15) is 37.1 Å². The number of likely N-dealkylation sites (tertiary alicyclic amines) is 1. The molecule has 1 N–H and O–H groups in total. The van der Waals surface area contributed by atoms with Gasteiger partial charge in [0.25, 0.3) is 0 Å². The normalized spacial score (nSPS) is 18.2. The Labute approximate surface area is 135 Å². The van der Waals surface area contributed by atoms with Crippen LogP contribution in [0.15, 0.2) is 28.7 Å². The molecule has 1 aromatic heterocycles. The molecular weight excluding hydrogens is 292 g/mol. The molecule has 120 valence electrons. The number of nitriles is 1. The van der Waals surface area contributed by atoms with Crippen LogP contribution in [0.2, 0.25) is 0 Å². The fraction of sp³-hybridized carbons (Fsp3) is 0.471. The van der Waals surface area contributed by atoms with Crippen LogP contribution in [0.4, 0.5) is 0 Å². The molecule has 6 heteroatoms. The smallest absolute Gasteiger partial charge is 0.247 e. The molecule has 2 aromatic rings. The van der Waals surface area contributed by atoms with Gasteiger partial charge in [-0.1, -0.05) is 6.07 Å². The summed E-state index contributed by atoms with van der Waals surface area (Å²) in [4.78, 5) is 2.35. The minimum absolute atomic E-state index is 0.240. The molecule has 23 heavy (non-hydrogen) atoms. The van der Waals surface area contributed by atoms with Crippen molar-refractivity contribution < 1.29 is 9.52 Å². The van der Waals surface area contributed by atoms with Crippen LogP contribution in [0.5, 0.6) is 0 Å². The highest BCUT2D eigenvalue weighted by Crippen LogP contribution is 2.24. The van der Waals surface area contributed by atoms with Crippen LogP contribution < -0.4 is 0 Å². The van der Waals surface area contributed by atoms with E-state index in [2.05, 4.69) is 21.2 Å². The van der Waals surface area contributed by atoms with Crippen molar-refractivity contribution in [2.45, 2.75) is 38.3 Å². The lowest BCUT2D eigenvalue weighted by Crippen LogP contribution is -2.29. The number of benzene rings is 1. The van der Waals surface area contributed by atoms with Crippen LogP contribution in [-0.4, -0.2) is 39.4 Å². The lowest BCUT2D eigenvalue weighted by Gasteiger charge is -2.22. The van der Waals surface area contributed by atoms with E-state index >= 15 is 0 Å². The van der Waals surface area contributed by atoms with Gasteiger partial charge in [-0.05, 0) is 50.4 Å². The third-order valence-corrected chi connectivity index (χ3v) is 4.24. The molecule has 3 rings (SSSR count). The average molecular weight is 312 g/mol. The van der Waals surface area contributed by atoms with Gasteiger partial charge in [0.05, 0.1) is 18.2 Å². The van der Waals surface area contributed by atoms with Crippen LogP contribution >= 0.6 is 0 Å². The zero-order valence-corrected chi connectivity index (χ0v) is 13.0. The first-order valence-corrected chi connectivity index (χ1v) is 7.98. The zero-order chi connectivity index (χ0) is 16.1. The van der Waals surface area contributed by atoms with Gasteiger partial charge in [0.2, 0.25) is 11.8 Å². The van der Waals surface area contributed by atoms with Gasteiger partial charge in [-0.25, -0.2) is 0 Å². The number of aliphatic hydroxyl groups excluding tert-OH is 1. The van der Waals surface area contributed by atoms with Crippen molar-refractivity contribution >= 4 is 0 Å². The van der Waals surface area contributed by atoms with E-state index in [-0.39, 0.29) is 6.61 Å². The minimum Gasteiger partial charge on any atom is -0.419 e. The third kappa shape index (κ3) is 3.76. The fourth-order valence-electron chi connectivity index (χ4n) is 3.09. The second-order valence-electron chi connectivity index (χ2n) is 5.83. The third-order valence-electron chi connectivity index (χ3n) is 4.24. The van der Waals surface area contributed by atoms with E-state index in [0.29, 0.717) is 29.9 Å². The molecule has 0 radical (unpaired) electrons. The molecular formula is C17H20N4O2. The summed E-state index contributed by atoms with van der Waals surface area (Å²) in [6.07, 6.45) is 4.16. The van der Waals surface area contributed by atoms with E-state index in [1.807, 2.05) is 12.1 Å². The number of aromatic nitrogens is 2. The van der Waals surface area contributed by atoms with Crippen molar-refractivity contribution in [1.82, 2.24) is 15.1 Å². The van der Waals surface area contributed by atoms with E-state index in [4.69, 9.17) is 14.8 Å². The molecule has 0 aliphatic carbocycles. The molecule has 1 atom stereocenters. The Hall–Kier alpha value is -2.23. The molecule has 0 unspecified atom stereocenters. The fourth-order valence-corrected chi connectivity index (χ4v) is 3.09. The van der Waals surface area contributed by atoms with Crippen LogP contribution in [0.25, 0.3) is 11.5 Å². The highest BCUT2D eigenvalue weighted by atomic mass is 16.4. The molecule has 1 aromatic carbocycles. The Balaban J connectivity index is 1.68. The number of nitrogens with zero attached hydrogens (tertiary/aromatic N) is 4. The minimum atomic E-state index is 0.240. The topological polar surface area (TPSA) is 86.2 Å². The highest BCUT2D eigenvalue weighted by molar-refractivity contribution is 5.55. The number of hydrogen-bond donors (Lipinski definition) is 1. The van der Waals surface area contributed by atoms with Gasteiger partial charge in [-0.2, -0.15) is 5.26 Å². The second-order valence-corrected chi connectivity index (χ2v) is 5.83. The van der Waals surface area contributed by atoms with Crippen molar-refractivity contribution in [3.63, 3.8) is 0 Å². The Morgan fingerprint density at radius 1 is 1.39 bits per heavy atom. The summed E-state index contributed by atoms with van der Waals surface area (Å²) in [5, 5.41) is 26.2. The summed E-state index contributed by atoms with van der Waals surface area (Å²) >= 11 is 0. The standard InChI is InChI=1S/C17H20N4O2/c18-11-13-4-1-5-14(10-13)17-20-19-16(23-17)12-21-8-2-6-15(21)7-3-9-22/h1,4-5,10,15,22H,2-3,6-9,12H2/t15-/m1/s1. The first-order valence-electron chi connectivity index (χ1n) is 7.98. The number of aliphatic hydroxyl groups is 1. The van der Waals surface area contributed by atoms with E-state index in [9.17, 15) is 0 Å². The Morgan fingerprint density at radius 3 is 3.13 bits per heavy atom. The Kier molecular flexibility index (Phi) is 5.01. The van der Waals surface area contributed by atoms with E-state index in [1.54, 1.807) is 12.1 Å². The number of hydrogen-bond acceptors (Lipinski definition) is 6. The van der Waals surface area contributed by atoms with Crippen LogP contribution in [-0.2, 0) is 6.54 Å². The van der Waals surface area contributed by atoms with E-state index in [1.165, 1.54) is 6.42 Å². The van der Waals surface area contributed by atoms with E-state index < -0.39 is 0 Å². The molecule has 0 amide bonds. The molecule has 1 saturated heterocycles. The summed E-state index contributed by atoms with van der Waals surface area (Å²) in [7, 11) is 0. The molecule has 0 saturated carbocycles. The van der Waals surface area contributed by atoms with Gasteiger partial charge >= 0.3 is 0 Å². The first kappa shape index (κ1) is 15.7. The lowest BCUT2D eigenvalue weighted by molar-refractivity contribution is 0.195. The molecule has 0 spiro atoms. The highest BCUT2D eigenvalue weighted by Gasteiger charge is 2.25. The first-order chi connectivity index (χ1) is 11.3. The maximum Gasteiger partial charge on any atom is 0.247 e. The maximum atomic E-state index is 8.99. The largest absolute Gasteiger partial charge is 0.419 e. The molecule has 0 bridgehead atoms. The van der Waals surface area contributed by atoms with Gasteiger partial charge in [-0.3, -0.25) is 4.90 Å². The van der Waals surface area contributed by atoms with Gasteiger partial charge in [-0.15, -0.1) is 10.2 Å². The molecule has 2 heterocycles. The monoisotopic (exact) mass is 312 g/mol. The molecule has 1 aliphatic rings. The van der Waals surface area contributed by atoms with Gasteiger partial charge in [0, 0.05) is 18.2 Å². The quantitative estimate of drug-likeness (QED) is 0.881. The lowest BCUT2D eigenvalue weighted by atomic mass is 10.1. The molecule has 1 fully saturated rings. The summed E-state index contributed by atoms with van der Waals surface area (Å²) in [6, 6.07) is 9.76. The van der Waals surface area contributed by atoms with Crippen LogP contribution in [0.3, 0.4) is 0 Å². The average Bonchev–Trinajstić information content (AvgIpc) is 3.23. The van der Waals surface area contributed by atoms with Crippen molar-refractivity contribution in [1.29, 1.82) is 5.26 Å². The SMILES string of the molecule is N#Cc1cccc(-c2nnc(CN3CCC[C@@H]3CCCO)o2)c1. The molecule has 1 aliphatic heterocycles. The maximum absolute atomic E-state index is 8.99. The van der Waals surface area contributed by atoms with Gasteiger partial charge < -0.3 is 9.52 Å². The zero-order valence-electron chi connectivity index (χ0n) is 13.0. The predicted octanol–water partition coefficient (Wildman–Crippen LogP) is 2.35. The van der Waals surface area contributed by atoms with Gasteiger partial charge in [0.1, 0.15) is 0 Å². The van der Waals surface area contributed by atoms with E-state index in [0.717, 1.165) is 31.4 Å². The summed E-state index contributed by atoms with van der Waals surface area (Å²) < 4.78 is 5.76. The van der Waals surface area contributed by atoms with Crippen LogP contribution in [0, 0.1) is 11.3 Å². The second kappa shape index (κ2) is 7.36. The van der Waals surface area contributed by atoms with Crippen molar-refractivity contribution in [3.8, 4) is 17.5 Å².